The summed E-state index contributed by atoms with van der Waals surface area (Å²) in [5, 5.41) is 6.84. The molecular weight excluding hydrogens is 1430 g/mol. The SMILES string of the molecule is CC1(C)c2cc(N(c3ccc4c(c3)C3(C5=C4CC4C(=C5)c5c(ccc6oc7ccccc7c56)C45c4ccccc4-c4ccccc45)c4ccccc4-c4ccccc43)c3ccc4c(c3)C(c3ccccc3)(c3ccccc3)c3cc(-c5ccccc5)c5oc6ccccc6c5c3-4)ccc2-c2c1cc(-c1ccccc1)c1oc3ccccc3c21. The van der Waals surface area contributed by atoms with Crippen LogP contribution in [0.4, 0.5) is 17.1 Å². The van der Waals surface area contributed by atoms with Crippen LogP contribution in [0, 0.1) is 5.92 Å². The Morgan fingerprint density at radius 2 is 0.695 bits per heavy atom. The number of allylic oxidation sites excluding steroid dienone is 4. The summed E-state index contributed by atoms with van der Waals surface area (Å²) in [4.78, 5) is 2.63. The standard InChI is InChI=1S/C114H71NO3/c1-111(2)92-59-70(52-55-78(92)103-97(111)62-83(66-29-7-3-8-30-66)109-107(103)81-42-20-27-49-100(81)117-109)115(72-53-56-79-94(61-72)112(68-33-11-5-12-34-68,69-35-13-6-14-36-69)98-63-84(67-31-9-4-10-32-67)110-108(104(79)98)82-43-21-28-50-101(82)118-110)71-51-54-77-85-64-96-86(65-95(85)114(93(77)60-71)89-46-24-17-39-75(89)76-40-18-25-47-90(76)114)105-91(57-58-102-106(105)80-41-19-26-48-99(80)116-102)113(96)87-44-22-15-37-73(87)74-38-16-23-45-88(74)113/h3-63,65,96H,64H2,1-2H3. The van der Waals surface area contributed by atoms with Crippen molar-refractivity contribution in [1.82, 2.24) is 0 Å². The third kappa shape index (κ3) is 7.96. The lowest BCUT2D eigenvalue weighted by Gasteiger charge is -2.39. The minimum Gasteiger partial charge on any atom is -0.456 e. The average molecular weight is 1500 g/mol. The molecule has 550 valence electrons. The average Bonchev–Trinajstić information content (AvgIpc) is 1.48. The van der Waals surface area contributed by atoms with E-state index >= 15 is 0 Å². The van der Waals surface area contributed by atoms with E-state index in [0.29, 0.717) is 0 Å². The topological polar surface area (TPSA) is 42.7 Å². The fraction of sp³-hybridized carbons (Fsp3) is 0.0702. The molecule has 4 heteroatoms. The highest BCUT2D eigenvalue weighted by Crippen LogP contribution is 2.73. The molecule has 27 rings (SSSR count). The van der Waals surface area contributed by atoms with Gasteiger partial charge in [0.05, 0.1) is 16.2 Å². The molecule has 4 nitrogen and oxygen atoms in total. The quantitative estimate of drug-likeness (QED) is 0.159. The fourth-order valence-electron chi connectivity index (χ4n) is 24.1. The molecule has 0 bridgehead atoms. The van der Waals surface area contributed by atoms with E-state index in [4.69, 9.17) is 13.3 Å². The highest BCUT2D eigenvalue weighted by atomic mass is 16.3. The van der Waals surface area contributed by atoms with Crippen molar-refractivity contribution in [2.75, 3.05) is 4.90 Å². The Kier molecular flexibility index (Phi) is 12.7. The number of rotatable bonds is 7. The van der Waals surface area contributed by atoms with Crippen LogP contribution in [0.3, 0.4) is 0 Å². The van der Waals surface area contributed by atoms with Gasteiger partial charge in [0, 0.05) is 71.8 Å². The molecule has 0 saturated carbocycles. The van der Waals surface area contributed by atoms with Gasteiger partial charge in [0.1, 0.15) is 33.5 Å². The van der Waals surface area contributed by atoms with Gasteiger partial charge in [-0.2, -0.15) is 0 Å². The number of hydrogen-bond donors (Lipinski definition) is 0. The fourth-order valence-corrected chi connectivity index (χ4v) is 24.1. The number of benzene rings is 17. The van der Waals surface area contributed by atoms with Gasteiger partial charge in [-0.1, -0.05) is 317 Å². The summed E-state index contributed by atoms with van der Waals surface area (Å²) >= 11 is 0. The van der Waals surface area contributed by atoms with Gasteiger partial charge in [0.25, 0.3) is 0 Å². The van der Waals surface area contributed by atoms with Crippen LogP contribution in [-0.2, 0) is 21.7 Å². The van der Waals surface area contributed by atoms with E-state index in [9.17, 15) is 0 Å². The summed E-state index contributed by atoms with van der Waals surface area (Å²) in [6.07, 6.45) is 3.54. The molecule has 7 aliphatic rings. The number of anilines is 3. The molecule has 3 heterocycles. The predicted molar refractivity (Wildman–Crippen MR) is 482 cm³/mol. The number of furan rings is 3. The molecule has 20 aromatic rings. The van der Waals surface area contributed by atoms with Gasteiger partial charge in [-0.3, -0.25) is 0 Å². The van der Waals surface area contributed by atoms with Crippen LogP contribution in [0.1, 0.15) is 98.2 Å². The minimum absolute atomic E-state index is 0.0235. The van der Waals surface area contributed by atoms with E-state index in [0.717, 1.165) is 106 Å². The first-order valence-corrected chi connectivity index (χ1v) is 41.5. The molecule has 3 aromatic heterocycles. The first kappa shape index (κ1) is 64.8. The molecule has 1 unspecified atom stereocenters. The molecule has 17 aromatic carbocycles. The van der Waals surface area contributed by atoms with Crippen molar-refractivity contribution in [3.8, 4) is 66.8 Å². The number of para-hydroxylation sites is 3. The number of nitrogens with zero attached hydrogens (tertiary/aromatic N) is 1. The Labute approximate surface area is 681 Å². The molecule has 0 N–H and O–H groups in total. The Morgan fingerprint density at radius 1 is 0.280 bits per heavy atom. The molecule has 2 spiro atoms. The number of fused-ring (bicyclic) bond motifs is 37. The Bertz CT molecular complexity index is 7810. The molecule has 0 amide bonds. The second-order valence-corrected chi connectivity index (χ2v) is 34.1. The molecular formula is C114H71NO3. The van der Waals surface area contributed by atoms with Gasteiger partial charge in [-0.15, -0.1) is 0 Å². The Morgan fingerprint density at radius 3 is 1.24 bits per heavy atom. The van der Waals surface area contributed by atoms with Crippen LogP contribution in [0.2, 0.25) is 0 Å². The van der Waals surface area contributed by atoms with Crippen molar-refractivity contribution in [2.24, 2.45) is 5.92 Å². The molecule has 1 atom stereocenters. The van der Waals surface area contributed by atoms with Crippen molar-refractivity contribution < 1.29 is 13.3 Å². The van der Waals surface area contributed by atoms with Gasteiger partial charge >= 0.3 is 0 Å². The smallest absolute Gasteiger partial charge is 0.143 e. The first-order valence-electron chi connectivity index (χ1n) is 41.5. The van der Waals surface area contributed by atoms with Gasteiger partial charge in [0.2, 0.25) is 0 Å². The molecule has 0 aliphatic heterocycles. The summed E-state index contributed by atoms with van der Waals surface area (Å²) in [5.74, 6) is 0.0235. The maximum Gasteiger partial charge on any atom is 0.143 e. The Hall–Kier alpha value is -14.6. The molecule has 0 radical (unpaired) electrons. The molecule has 0 saturated heterocycles. The maximum absolute atomic E-state index is 7.23. The maximum atomic E-state index is 7.23. The van der Waals surface area contributed by atoms with Crippen molar-refractivity contribution in [3.63, 3.8) is 0 Å². The second-order valence-electron chi connectivity index (χ2n) is 34.1. The summed E-state index contributed by atoms with van der Waals surface area (Å²) < 4.78 is 21.3. The summed E-state index contributed by atoms with van der Waals surface area (Å²) in [6.45, 7) is 4.89. The highest BCUT2D eigenvalue weighted by Gasteiger charge is 2.62. The lowest BCUT2D eigenvalue weighted by Crippen LogP contribution is -2.34. The van der Waals surface area contributed by atoms with Gasteiger partial charge in [-0.25, -0.2) is 0 Å². The molecule has 118 heavy (non-hydrogen) atoms. The van der Waals surface area contributed by atoms with Gasteiger partial charge in [0.15, 0.2) is 0 Å². The largest absolute Gasteiger partial charge is 0.456 e. The van der Waals surface area contributed by atoms with Crippen molar-refractivity contribution in [1.29, 1.82) is 0 Å². The zero-order chi connectivity index (χ0) is 77.2. The zero-order valence-corrected chi connectivity index (χ0v) is 64.8. The van der Waals surface area contributed by atoms with Crippen LogP contribution in [0.25, 0.3) is 144 Å². The predicted octanol–water partition coefficient (Wildman–Crippen LogP) is 29.4. The van der Waals surface area contributed by atoms with Crippen LogP contribution in [-0.4, -0.2) is 0 Å². The van der Waals surface area contributed by atoms with Crippen molar-refractivity contribution in [3.05, 3.63) is 460 Å². The normalized spacial score (nSPS) is 16.2. The Balaban J connectivity index is 0.745. The van der Waals surface area contributed by atoms with E-state index < -0.39 is 21.7 Å². The van der Waals surface area contributed by atoms with Crippen molar-refractivity contribution in [2.45, 2.75) is 41.9 Å². The van der Waals surface area contributed by atoms with Crippen LogP contribution in [0.5, 0.6) is 0 Å². The lowest BCUT2D eigenvalue weighted by molar-refractivity contribution is 0.498. The van der Waals surface area contributed by atoms with Crippen LogP contribution >= 0.6 is 0 Å². The zero-order valence-electron chi connectivity index (χ0n) is 64.8. The summed E-state index contributed by atoms with van der Waals surface area (Å²) in [7, 11) is 0. The van der Waals surface area contributed by atoms with E-state index in [1.54, 1.807) is 0 Å². The molecule has 0 fully saturated rings. The summed E-state index contributed by atoms with van der Waals surface area (Å²) in [5.41, 5.74) is 42.4. The monoisotopic (exact) mass is 1500 g/mol. The molecule has 7 aliphatic carbocycles. The van der Waals surface area contributed by atoms with Gasteiger partial charge < -0.3 is 18.2 Å². The van der Waals surface area contributed by atoms with Crippen molar-refractivity contribution >= 4 is 94.0 Å². The van der Waals surface area contributed by atoms with E-state index in [-0.39, 0.29) is 5.92 Å². The highest BCUT2D eigenvalue weighted by molar-refractivity contribution is 6.22. The van der Waals surface area contributed by atoms with E-state index in [1.165, 1.54) is 145 Å². The van der Waals surface area contributed by atoms with Crippen LogP contribution < -0.4 is 4.90 Å². The minimum atomic E-state index is -0.833. The van der Waals surface area contributed by atoms with Gasteiger partial charge in [-0.05, 0) is 229 Å². The summed E-state index contributed by atoms with van der Waals surface area (Å²) in [6, 6.07) is 140. The lowest BCUT2D eigenvalue weighted by atomic mass is 9.62. The third-order valence-corrected chi connectivity index (χ3v) is 28.6. The van der Waals surface area contributed by atoms with E-state index in [2.05, 4.69) is 395 Å². The second kappa shape index (κ2) is 23.1. The third-order valence-electron chi connectivity index (χ3n) is 28.6. The first-order chi connectivity index (χ1) is 58.3. The number of hydrogen-bond acceptors (Lipinski definition) is 4. The van der Waals surface area contributed by atoms with Crippen LogP contribution in [0.15, 0.2) is 395 Å². The van der Waals surface area contributed by atoms with E-state index in [1.807, 2.05) is 0 Å².